The lowest BCUT2D eigenvalue weighted by molar-refractivity contribution is 1.54. The highest BCUT2D eigenvalue weighted by Crippen LogP contribution is 2.28. The summed E-state index contributed by atoms with van der Waals surface area (Å²) in [6, 6.07) is 40.4. The van der Waals surface area contributed by atoms with Gasteiger partial charge in [-0.1, -0.05) is 115 Å². The fraction of sp³-hybridized carbons (Fsp3) is 0. The van der Waals surface area contributed by atoms with E-state index < -0.39 is 0 Å². The van der Waals surface area contributed by atoms with Crippen molar-refractivity contribution in [3.05, 3.63) is 132 Å². The molecule has 0 aliphatic rings. The lowest BCUT2D eigenvalue weighted by Gasteiger charge is -2.10. The molecule has 0 heteroatoms. The summed E-state index contributed by atoms with van der Waals surface area (Å²) in [6.07, 6.45) is 2.26. The van der Waals surface area contributed by atoms with E-state index in [0.717, 1.165) is 0 Å². The molecule has 0 heterocycles. The van der Waals surface area contributed by atoms with Crippen LogP contribution in [0.3, 0.4) is 0 Å². The van der Waals surface area contributed by atoms with E-state index in [0.29, 0.717) is 0 Å². The van der Waals surface area contributed by atoms with E-state index in [1.165, 1.54) is 33.4 Å². The first-order valence-electron chi connectivity index (χ1n) is 8.88. The van der Waals surface area contributed by atoms with Crippen LogP contribution in [0.2, 0.25) is 0 Å². The SMILES string of the molecule is C(=C(c1ccccc1)c1ccc(-c2ccccc2)cc1)c1ccccc1. The van der Waals surface area contributed by atoms with Gasteiger partial charge in [-0.05, 0) is 39.5 Å². The van der Waals surface area contributed by atoms with Gasteiger partial charge in [0.1, 0.15) is 0 Å². The van der Waals surface area contributed by atoms with E-state index in [1.54, 1.807) is 0 Å². The van der Waals surface area contributed by atoms with Crippen LogP contribution < -0.4 is 0 Å². The van der Waals surface area contributed by atoms with Crippen molar-refractivity contribution in [2.45, 2.75) is 0 Å². The van der Waals surface area contributed by atoms with E-state index >= 15 is 0 Å². The molecular weight excluding hydrogens is 312 g/mol. The zero-order chi connectivity index (χ0) is 17.6. The molecule has 4 rings (SSSR count). The largest absolute Gasteiger partial charge is 0.0622 e. The molecule has 0 saturated heterocycles. The lowest BCUT2D eigenvalue weighted by Crippen LogP contribution is -1.89. The molecule has 0 nitrogen and oxygen atoms in total. The Kier molecular flexibility index (Phi) is 4.75. The maximum atomic E-state index is 2.26. The van der Waals surface area contributed by atoms with E-state index in [-0.39, 0.29) is 0 Å². The summed E-state index contributed by atoms with van der Waals surface area (Å²) < 4.78 is 0. The predicted octanol–water partition coefficient (Wildman–Crippen LogP) is 6.94. The van der Waals surface area contributed by atoms with Gasteiger partial charge in [-0.15, -0.1) is 0 Å². The Balaban J connectivity index is 1.76. The van der Waals surface area contributed by atoms with Crippen molar-refractivity contribution in [3.63, 3.8) is 0 Å². The van der Waals surface area contributed by atoms with E-state index in [2.05, 4.69) is 109 Å². The Morgan fingerprint density at radius 3 is 1.50 bits per heavy atom. The standard InChI is InChI=1S/C26H20/c1-4-10-21(11-5-1)20-26(24-14-8-3-9-15-24)25-18-16-23(17-19-25)22-12-6-2-7-13-22/h1-20H. The molecule has 0 unspecified atom stereocenters. The number of hydrogen-bond acceptors (Lipinski definition) is 0. The summed E-state index contributed by atoms with van der Waals surface area (Å²) in [5.74, 6) is 0. The first-order chi connectivity index (χ1) is 12.9. The molecule has 0 spiro atoms. The molecule has 0 saturated carbocycles. The van der Waals surface area contributed by atoms with Gasteiger partial charge in [-0.2, -0.15) is 0 Å². The zero-order valence-electron chi connectivity index (χ0n) is 14.5. The van der Waals surface area contributed by atoms with E-state index in [9.17, 15) is 0 Å². The summed E-state index contributed by atoms with van der Waals surface area (Å²) >= 11 is 0. The second kappa shape index (κ2) is 7.67. The van der Waals surface area contributed by atoms with Gasteiger partial charge in [-0.3, -0.25) is 0 Å². The van der Waals surface area contributed by atoms with Crippen molar-refractivity contribution in [2.24, 2.45) is 0 Å². The molecular formula is C26H20. The second-order valence-electron chi connectivity index (χ2n) is 6.28. The fourth-order valence-corrected chi connectivity index (χ4v) is 3.14. The van der Waals surface area contributed by atoms with Crippen molar-refractivity contribution in [2.75, 3.05) is 0 Å². The Labute approximate surface area is 155 Å². The van der Waals surface area contributed by atoms with Crippen LogP contribution in [0, 0.1) is 0 Å². The van der Waals surface area contributed by atoms with Crippen LogP contribution in [0.5, 0.6) is 0 Å². The van der Waals surface area contributed by atoms with Crippen molar-refractivity contribution in [3.8, 4) is 11.1 Å². The van der Waals surface area contributed by atoms with Gasteiger partial charge < -0.3 is 0 Å². The zero-order valence-corrected chi connectivity index (χ0v) is 14.5. The first-order valence-corrected chi connectivity index (χ1v) is 8.88. The number of hydrogen-bond donors (Lipinski definition) is 0. The molecule has 0 aliphatic heterocycles. The van der Waals surface area contributed by atoms with E-state index in [4.69, 9.17) is 0 Å². The monoisotopic (exact) mass is 332 g/mol. The molecule has 0 atom stereocenters. The smallest absolute Gasteiger partial charge is 0.0105 e. The van der Waals surface area contributed by atoms with Crippen molar-refractivity contribution in [1.82, 2.24) is 0 Å². The molecule has 26 heavy (non-hydrogen) atoms. The minimum absolute atomic E-state index is 1.21. The van der Waals surface area contributed by atoms with Gasteiger partial charge in [0.2, 0.25) is 0 Å². The number of rotatable bonds is 4. The fourth-order valence-electron chi connectivity index (χ4n) is 3.14. The first kappa shape index (κ1) is 16.1. The minimum atomic E-state index is 1.21. The third-order valence-electron chi connectivity index (χ3n) is 4.50. The van der Waals surface area contributed by atoms with Crippen LogP contribution in [-0.4, -0.2) is 0 Å². The van der Waals surface area contributed by atoms with Crippen LogP contribution >= 0.6 is 0 Å². The average Bonchev–Trinajstić information content (AvgIpc) is 2.74. The summed E-state index contributed by atoms with van der Waals surface area (Å²) in [6.45, 7) is 0. The summed E-state index contributed by atoms with van der Waals surface area (Å²) in [7, 11) is 0. The van der Waals surface area contributed by atoms with Gasteiger partial charge >= 0.3 is 0 Å². The normalized spacial score (nSPS) is 11.3. The van der Waals surface area contributed by atoms with Crippen molar-refractivity contribution < 1.29 is 0 Å². The van der Waals surface area contributed by atoms with Crippen LogP contribution in [-0.2, 0) is 0 Å². The van der Waals surface area contributed by atoms with Gasteiger partial charge in [0.15, 0.2) is 0 Å². The Bertz CT molecular complexity index is 980. The lowest BCUT2D eigenvalue weighted by atomic mass is 9.94. The Morgan fingerprint density at radius 2 is 0.885 bits per heavy atom. The maximum Gasteiger partial charge on any atom is -0.0105 e. The Morgan fingerprint density at radius 1 is 0.423 bits per heavy atom. The topological polar surface area (TPSA) is 0 Å². The molecule has 0 radical (unpaired) electrons. The molecule has 0 N–H and O–H groups in total. The summed E-state index contributed by atoms with van der Waals surface area (Å²) in [5, 5.41) is 0. The van der Waals surface area contributed by atoms with Crippen molar-refractivity contribution >= 4 is 11.6 Å². The van der Waals surface area contributed by atoms with Crippen LogP contribution in [0.4, 0.5) is 0 Å². The molecule has 0 bridgehead atoms. The maximum absolute atomic E-state index is 2.26. The summed E-state index contributed by atoms with van der Waals surface area (Å²) in [5.41, 5.74) is 7.37. The third kappa shape index (κ3) is 3.65. The van der Waals surface area contributed by atoms with E-state index in [1.807, 2.05) is 12.1 Å². The van der Waals surface area contributed by atoms with Gasteiger partial charge in [0.05, 0.1) is 0 Å². The third-order valence-corrected chi connectivity index (χ3v) is 4.50. The highest BCUT2D eigenvalue weighted by Gasteiger charge is 2.06. The molecule has 0 amide bonds. The Hall–Kier alpha value is -3.38. The van der Waals surface area contributed by atoms with Crippen LogP contribution in [0.1, 0.15) is 16.7 Å². The second-order valence-corrected chi connectivity index (χ2v) is 6.28. The number of benzene rings is 4. The average molecular weight is 332 g/mol. The molecule has 0 aliphatic carbocycles. The van der Waals surface area contributed by atoms with Crippen molar-refractivity contribution in [1.29, 1.82) is 0 Å². The predicted molar refractivity (Wildman–Crippen MR) is 112 cm³/mol. The molecule has 4 aromatic rings. The quantitative estimate of drug-likeness (QED) is 0.355. The molecule has 0 fully saturated rings. The molecule has 4 aromatic carbocycles. The highest BCUT2D eigenvalue weighted by atomic mass is 14.1. The van der Waals surface area contributed by atoms with Gasteiger partial charge in [0.25, 0.3) is 0 Å². The minimum Gasteiger partial charge on any atom is -0.0622 e. The summed E-state index contributed by atoms with van der Waals surface area (Å²) in [4.78, 5) is 0. The van der Waals surface area contributed by atoms with Crippen LogP contribution in [0.25, 0.3) is 22.8 Å². The van der Waals surface area contributed by atoms with Gasteiger partial charge in [-0.25, -0.2) is 0 Å². The van der Waals surface area contributed by atoms with Gasteiger partial charge in [0, 0.05) is 0 Å². The van der Waals surface area contributed by atoms with Crippen LogP contribution in [0.15, 0.2) is 115 Å². The highest BCUT2D eigenvalue weighted by molar-refractivity contribution is 5.91. The molecule has 0 aromatic heterocycles. The molecule has 124 valence electrons.